The van der Waals surface area contributed by atoms with Gasteiger partial charge < -0.3 is 44.3 Å². The molecule has 0 spiro atoms. The van der Waals surface area contributed by atoms with E-state index >= 15 is 0 Å². The van der Waals surface area contributed by atoms with Crippen LogP contribution in [-0.2, 0) is 27.9 Å². The molecule has 2 heterocycles. The number of alkyl carbamates (subject to hydrolysis) is 1. The van der Waals surface area contributed by atoms with Crippen molar-refractivity contribution >= 4 is 42.2 Å². The van der Waals surface area contributed by atoms with Gasteiger partial charge in [-0.25, -0.2) is 9.78 Å². The second-order valence-electron chi connectivity index (χ2n) is 10.2. The van der Waals surface area contributed by atoms with Crippen LogP contribution >= 0.6 is 17.2 Å². The molecule has 18 nitrogen and oxygen atoms in total. The summed E-state index contributed by atoms with van der Waals surface area (Å²) in [6.45, 7) is 13.1. The van der Waals surface area contributed by atoms with Gasteiger partial charge in [-0.15, -0.1) is 0 Å². The van der Waals surface area contributed by atoms with Crippen LogP contribution in [0.3, 0.4) is 0 Å². The number of rotatable bonds is 18. The Kier molecular flexibility index (Phi) is 18.3. The zero-order valence-corrected chi connectivity index (χ0v) is 27.3. The van der Waals surface area contributed by atoms with E-state index in [0.717, 1.165) is 0 Å². The average Bonchev–Trinajstić information content (AvgIpc) is 2.96. The molecule has 0 saturated carbocycles. The zero-order chi connectivity index (χ0) is 34.1. The van der Waals surface area contributed by atoms with Crippen molar-refractivity contribution in [2.45, 2.75) is 45.1 Å². The van der Waals surface area contributed by atoms with Crippen LogP contribution in [0.4, 0.5) is 4.79 Å². The fourth-order valence-corrected chi connectivity index (χ4v) is 4.69. The van der Waals surface area contributed by atoms with Gasteiger partial charge in [0.05, 0.1) is 12.1 Å². The van der Waals surface area contributed by atoms with E-state index in [-0.39, 0.29) is 44.4 Å². The summed E-state index contributed by atoms with van der Waals surface area (Å²) in [6, 6.07) is -0.978. The van der Waals surface area contributed by atoms with Crippen LogP contribution < -0.4 is 16.0 Å². The van der Waals surface area contributed by atoms with Crippen molar-refractivity contribution in [3.8, 4) is 0 Å². The monoisotopic (exact) mass is 690 g/mol. The Labute approximate surface area is 269 Å². The van der Waals surface area contributed by atoms with Crippen molar-refractivity contribution in [1.29, 1.82) is 0 Å². The predicted molar refractivity (Wildman–Crippen MR) is 166 cm³/mol. The predicted octanol–water partition coefficient (Wildman–Crippen LogP) is 0.0804. The van der Waals surface area contributed by atoms with Crippen LogP contribution in [0.1, 0.15) is 37.2 Å². The Morgan fingerprint density at radius 2 is 1.74 bits per heavy atom. The summed E-state index contributed by atoms with van der Waals surface area (Å²) in [4.78, 5) is 83.7. The molecule has 1 saturated heterocycles. The first-order valence-corrected chi connectivity index (χ1v) is 16.5. The van der Waals surface area contributed by atoms with E-state index in [1.54, 1.807) is 0 Å². The average molecular weight is 690 g/mol. The molecule has 2 atom stereocenters. The fourth-order valence-electron chi connectivity index (χ4n) is 4.09. The highest BCUT2D eigenvalue weighted by Gasteiger charge is 2.35. The molecule has 0 unspecified atom stereocenters. The summed E-state index contributed by atoms with van der Waals surface area (Å²) in [7, 11) is -6.71. The molecule has 0 radical (unpaired) electrons. The first kappa shape index (κ1) is 39.5. The summed E-state index contributed by atoms with van der Waals surface area (Å²) >= 11 is 0. The Hall–Kier alpha value is -2.67. The molecule has 3 amide bonds. The second-order valence-corrected chi connectivity index (χ2v) is 11.6. The molecule has 1 aliphatic heterocycles. The van der Waals surface area contributed by atoms with Crippen molar-refractivity contribution in [3.63, 3.8) is 0 Å². The van der Waals surface area contributed by atoms with Gasteiger partial charge in [-0.05, 0) is 12.3 Å². The van der Waals surface area contributed by atoms with Gasteiger partial charge in [-0.1, -0.05) is 38.7 Å². The van der Waals surface area contributed by atoms with Crippen LogP contribution in [0, 0.1) is 5.92 Å². The molecule has 1 aromatic rings. The first-order chi connectivity index (χ1) is 21.9. The number of nitrogens with one attached hydrogen (secondary N) is 3. The molecular weight excluding hydrogens is 649 g/mol. The van der Waals surface area contributed by atoms with Gasteiger partial charge in [-0.3, -0.25) is 33.8 Å². The third kappa shape index (κ3) is 15.8. The fraction of sp³-hybridized carbons (Fsp3) is 0.560. The van der Waals surface area contributed by atoms with Gasteiger partial charge in [0.2, 0.25) is 5.91 Å². The topological polar surface area (TPSA) is 243 Å². The van der Waals surface area contributed by atoms with Gasteiger partial charge >= 0.3 is 30.4 Å². The number of ether oxygens (including phenoxy) is 1. The maximum absolute atomic E-state index is 13.5. The molecule has 7 N–H and O–H groups in total. The molecule has 46 heavy (non-hydrogen) atoms. The minimum absolute atomic E-state index is 0.0576. The molecule has 21 heteroatoms. The summed E-state index contributed by atoms with van der Waals surface area (Å²) in [6.07, 6.45) is 3.35. The molecule has 0 aliphatic carbocycles. The van der Waals surface area contributed by atoms with Crippen molar-refractivity contribution < 1.29 is 57.1 Å². The number of amides is 3. The van der Waals surface area contributed by atoms with Crippen LogP contribution in [0.5, 0.6) is 0 Å². The van der Waals surface area contributed by atoms with Crippen molar-refractivity contribution in [2.75, 3.05) is 39.5 Å². The molecule has 0 aromatic carbocycles. The van der Waals surface area contributed by atoms with E-state index in [9.17, 15) is 14.4 Å². The molecule has 1 fully saturated rings. The van der Waals surface area contributed by atoms with Crippen molar-refractivity contribution in [3.05, 3.63) is 49.1 Å². The Bertz CT molecular complexity index is 1110. The van der Waals surface area contributed by atoms with Gasteiger partial charge in [0.15, 0.2) is 0 Å². The lowest BCUT2D eigenvalue weighted by molar-refractivity contribution is -0.123. The van der Waals surface area contributed by atoms with Crippen LogP contribution in [0.2, 0.25) is 0 Å². The normalized spacial score (nSPS) is 15.7. The van der Waals surface area contributed by atoms with E-state index in [0.29, 0.717) is 25.1 Å². The van der Waals surface area contributed by atoms with Gasteiger partial charge in [-0.2, -0.15) is 0 Å². The lowest BCUT2D eigenvalue weighted by atomic mass is 9.73. The molecule has 1 aromatic heterocycles. The van der Waals surface area contributed by atoms with E-state index in [1.165, 1.54) is 24.7 Å². The van der Waals surface area contributed by atoms with Crippen LogP contribution in [0.15, 0.2) is 43.4 Å². The highest BCUT2D eigenvalue weighted by Crippen LogP contribution is 2.33. The molecular formula is C25H41BN6O12P2. The Morgan fingerprint density at radius 3 is 2.28 bits per heavy atom. The maximum atomic E-state index is 13.5. The van der Waals surface area contributed by atoms with Crippen LogP contribution in [-0.4, -0.2) is 117 Å². The third-order valence-electron chi connectivity index (χ3n) is 6.19. The summed E-state index contributed by atoms with van der Waals surface area (Å²) in [5.74, 6) is -1.41. The number of nitrogens with zero attached hydrogens (tertiary/aromatic N) is 3. The number of carbonyl (C=O) groups excluding carboxylic acids is 3. The lowest BCUT2D eigenvalue weighted by Gasteiger charge is -2.32. The molecule has 2 rings (SSSR count). The third-order valence-corrected chi connectivity index (χ3v) is 6.95. The van der Waals surface area contributed by atoms with Crippen molar-refractivity contribution in [2.24, 2.45) is 5.92 Å². The van der Waals surface area contributed by atoms with E-state index in [2.05, 4.69) is 42.8 Å². The Balaban J connectivity index is 1.93. The SMILES string of the molecule is C=CC(=C)C[C@@H](NC(=O)c1cnccn1)C(=O)N[C@@H](CC(C)C)B1OCCN(CCOC(=O)NC(OP(O)O)OP(O)O)CCO1. The molecule has 0 bridgehead atoms. The standard InChI is InChI=1S/C25H41BN6O12P2/c1-5-18(4)15-19(29-23(34)20-16-27-6-7-28-20)22(33)30-21(14-17(2)3)26-41-12-9-32(10-13-42-26)8-11-40-24(35)31-25(43-45(36)37)44-46(38)39/h5-7,16-17,19,21,25,36-39H,1,4,8-15H2,2-3H3,(H,29,34)(H,30,33)(H,31,35)/t19-,21+/m1/s1. The van der Waals surface area contributed by atoms with E-state index in [4.69, 9.17) is 33.6 Å². The largest absolute Gasteiger partial charge is 0.480 e. The number of hydrogen-bond acceptors (Lipinski definition) is 15. The van der Waals surface area contributed by atoms with E-state index in [1.807, 2.05) is 24.1 Å². The maximum Gasteiger partial charge on any atom is 0.480 e. The summed E-state index contributed by atoms with van der Waals surface area (Å²) < 4.78 is 25.9. The highest BCUT2D eigenvalue weighted by molar-refractivity contribution is 7.40. The van der Waals surface area contributed by atoms with Crippen molar-refractivity contribution in [1.82, 2.24) is 30.8 Å². The summed E-state index contributed by atoms with van der Waals surface area (Å²) in [5.41, 5.74) is 0.609. The van der Waals surface area contributed by atoms with Crippen LogP contribution in [0.25, 0.3) is 0 Å². The lowest BCUT2D eigenvalue weighted by Crippen LogP contribution is -2.57. The number of hydrogen-bond donors (Lipinski definition) is 7. The zero-order valence-electron chi connectivity index (χ0n) is 25.6. The second kappa shape index (κ2) is 21.3. The molecule has 1 aliphatic rings. The smallest absolute Gasteiger partial charge is 0.448 e. The Morgan fingerprint density at radius 1 is 1.09 bits per heavy atom. The number of carbonyl (C=O) groups is 3. The number of allylic oxidation sites excluding steroid dienone is 1. The summed E-state index contributed by atoms with van der Waals surface area (Å²) in [5, 5.41) is 7.65. The molecule has 256 valence electrons. The van der Waals surface area contributed by atoms with Gasteiger partial charge in [0.25, 0.3) is 12.3 Å². The first-order valence-electron chi connectivity index (χ1n) is 14.1. The van der Waals surface area contributed by atoms with E-state index < -0.39 is 60.6 Å². The quantitative estimate of drug-likeness (QED) is 0.0467. The van der Waals surface area contributed by atoms with Gasteiger partial charge in [0.1, 0.15) is 18.3 Å². The minimum atomic E-state index is -2.96. The minimum Gasteiger partial charge on any atom is -0.448 e. The number of aromatic nitrogens is 2. The highest BCUT2D eigenvalue weighted by atomic mass is 31.2. The van der Waals surface area contributed by atoms with Gasteiger partial charge in [0, 0.05) is 51.7 Å².